The van der Waals surface area contributed by atoms with Gasteiger partial charge in [0, 0.05) is 25.3 Å². The Morgan fingerprint density at radius 3 is 2.26 bits per heavy atom. The third-order valence-electron chi connectivity index (χ3n) is 6.75. The van der Waals surface area contributed by atoms with Gasteiger partial charge in [0.2, 0.25) is 5.91 Å². The predicted molar refractivity (Wildman–Crippen MR) is 125 cm³/mol. The Labute approximate surface area is 198 Å². The van der Waals surface area contributed by atoms with E-state index in [4.69, 9.17) is 14.6 Å². The number of carbonyl (C=O) groups excluding carboxylic acids is 2. The number of carbonyl (C=O) groups is 3. The summed E-state index contributed by atoms with van der Waals surface area (Å²) in [6.45, 7) is 3.08. The summed E-state index contributed by atoms with van der Waals surface area (Å²) in [5.41, 5.74) is 4.42. The lowest BCUT2D eigenvalue weighted by Gasteiger charge is -2.30. The van der Waals surface area contributed by atoms with Crippen LogP contribution in [-0.4, -0.2) is 66.9 Å². The highest BCUT2D eigenvalue weighted by molar-refractivity contribution is 5.86. The molecule has 0 radical (unpaired) electrons. The number of carboxylic acid groups (broad SMARTS) is 1. The van der Waals surface area contributed by atoms with Crippen molar-refractivity contribution >= 4 is 18.0 Å². The topological polar surface area (TPSA) is 105 Å². The number of hydrogen-bond donors (Lipinski definition) is 2. The van der Waals surface area contributed by atoms with Crippen molar-refractivity contribution in [2.75, 3.05) is 26.9 Å². The van der Waals surface area contributed by atoms with Gasteiger partial charge in [-0.2, -0.15) is 0 Å². The molecular weight excluding hydrogens is 436 g/mol. The second-order valence-electron chi connectivity index (χ2n) is 8.99. The summed E-state index contributed by atoms with van der Waals surface area (Å²) in [6.07, 6.45) is -1.01. The van der Waals surface area contributed by atoms with Crippen molar-refractivity contribution in [3.63, 3.8) is 0 Å². The second kappa shape index (κ2) is 10.3. The number of ether oxygens (including phenoxy) is 2. The fraction of sp³-hybridized carbons (Fsp3) is 0.423. The molecule has 0 bridgehead atoms. The van der Waals surface area contributed by atoms with E-state index in [2.05, 4.69) is 17.4 Å². The van der Waals surface area contributed by atoms with Crippen LogP contribution in [0.4, 0.5) is 4.79 Å². The lowest BCUT2D eigenvalue weighted by atomic mass is 9.98. The quantitative estimate of drug-likeness (QED) is 0.619. The average Bonchev–Trinajstić information content (AvgIpc) is 3.40. The number of aliphatic carboxylic acids is 1. The Hall–Kier alpha value is -3.39. The molecule has 8 nitrogen and oxygen atoms in total. The van der Waals surface area contributed by atoms with Crippen molar-refractivity contribution in [1.29, 1.82) is 0 Å². The maximum Gasteiger partial charge on any atom is 0.407 e. The van der Waals surface area contributed by atoms with Crippen LogP contribution in [0, 0.1) is 5.92 Å². The molecule has 1 fully saturated rings. The van der Waals surface area contributed by atoms with Crippen molar-refractivity contribution in [3.8, 4) is 11.1 Å². The molecule has 8 heteroatoms. The van der Waals surface area contributed by atoms with Gasteiger partial charge >= 0.3 is 12.1 Å². The smallest absolute Gasteiger partial charge is 0.407 e. The number of likely N-dealkylation sites (N-methyl/N-ethyl adjacent to an activating group) is 1. The Balaban J connectivity index is 1.43. The van der Waals surface area contributed by atoms with Crippen LogP contribution < -0.4 is 5.32 Å². The first-order valence-electron chi connectivity index (χ1n) is 11.5. The number of nitrogens with one attached hydrogen (secondary N) is 1. The minimum atomic E-state index is -1.03. The highest BCUT2D eigenvalue weighted by Gasteiger charge is 2.35. The molecular formula is C26H30N2O6. The third-order valence-corrected chi connectivity index (χ3v) is 6.75. The zero-order valence-electron chi connectivity index (χ0n) is 19.4. The summed E-state index contributed by atoms with van der Waals surface area (Å²) in [4.78, 5) is 38.5. The lowest BCUT2D eigenvalue weighted by Crippen LogP contribution is -2.52. The summed E-state index contributed by atoms with van der Waals surface area (Å²) in [7, 11) is 1.66. The second-order valence-corrected chi connectivity index (χ2v) is 8.99. The molecule has 2 aromatic carbocycles. The van der Waals surface area contributed by atoms with E-state index in [1.54, 1.807) is 11.9 Å². The zero-order chi connectivity index (χ0) is 24.2. The lowest BCUT2D eigenvalue weighted by molar-refractivity contribution is -0.138. The summed E-state index contributed by atoms with van der Waals surface area (Å²) in [6, 6.07) is 14.9. The fourth-order valence-electron chi connectivity index (χ4n) is 4.86. The van der Waals surface area contributed by atoms with Crippen LogP contribution in [0.1, 0.15) is 36.8 Å². The van der Waals surface area contributed by atoms with Crippen molar-refractivity contribution in [2.24, 2.45) is 5.92 Å². The number of amides is 2. The largest absolute Gasteiger partial charge is 0.481 e. The van der Waals surface area contributed by atoms with Crippen LogP contribution in [0.3, 0.4) is 0 Å². The maximum absolute atomic E-state index is 13.1. The van der Waals surface area contributed by atoms with E-state index in [0.717, 1.165) is 22.3 Å². The van der Waals surface area contributed by atoms with Gasteiger partial charge in [-0.15, -0.1) is 0 Å². The van der Waals surface area contributed by atoms with E-state index in [-0.39, 0.29) is 43.2 Å². The third kappa shape index (κ3) is 4.92. The highest BCUT2D eigenvalue weighted by Crippen LogP contribution is 2.44. The van der Waals surface area contributed by atoms with Gasteiger partial charge < -0.3 is 24.8 Å². The van der Waals surface area contributed by atoms with Crippen LogP contribution >= 0.6 is 0 Å². The normalized spacial score (nSPS) is 19.7. The van der Waals surface area contributed by atoms with Gasteiger partial charge in [0.25, 0.3) is 0 Å². The van der Waals surface area contributed by atoms with Gasteiger partial charge in [-0.3, -0.25) is 9.59 Å². The van der Waals surface area contributed by atoms with E-state index in [9.17, 15) is 14.4 Å². The van der Waals surface area contributed by atoms with E-state index in [1.165, 1.54) is 0 Å². The Morgan fingerprint density at radius 1 is 1.09 bits per heavy atom. The van der Waals surface area contributed by atoms with Gasteiger partial charge in [0.15, 0.2) is 0 Å². The Kier molecular flexibility index (Phi) is 7.17. The van der Waals surface area contributed by atoms with Crippen LogP contribution in [-0.2, 0) is 19.1 Å². The number of nitrogens with zero attached hydrogens (tertiary/aromatic N) is 1. The van der Waals surface area contributed by atoms with Gasteiger partial charge in [0.1, 0.15) is 12.6 Å². The van der Waals surface area contributed by atoms with Gasteiger partial charge in [-0.25, -0.2) is 4.79 Å². The number of hydrogen-bond acceptors (Lipinski definition) is 5. The van der Waals surface area contributed by atoms with Crippen molar-refractivity contribution < 1.29 is 29.0 Å². The molecule has 34 heavy (non-hydrogen) atoms. The van der Waals surface area contributed by atoms with Crippen molar-refractivity contribution in [2.45, 2.75) is 37.8 Å². The molecule has 3 atom stereocenters. The summed E-state index contributed by atoms with van der Waals surface area (Å²) >= 11 is 0. The number of alkyl carbamates (subject to hydrolysis) is 1. The zero-order valence-corrected chi connectivity index (χ0v) is 19.4. The highest BCUT2D eigenvalue weighted by atomic mass is 16.5. The number of rotatable bonds is 8. The van der Waals surface area contributed by atoms with Gasteiger partial charge in [-0.1, -0.05) is 55.5 Å². The van der Waals surface area contributed by atoms with E-state index < -0.39 is 18.1 Å². The molecule has 0 aromatic heterocycles. The molecule has 4 rings (SSSR count). The Bertz CT molecular complexity index is 1030. The molecule has 2 aromatic rings. The molecule has 3 unspecified atom stereocenters. The molecule has 2 N–H and O–H groups in total. The first kappa shape index (κ1) is 23.8. The summed E-state index contributed by atoms with van der Waals surface area (Å²) in [5.74, 6) is -1.33. The number of benzene rings is 2. The summed E-state index contributed by atoms with van der Waals surface area (Å²) in [5, 5.41) is 11.7. The monoisotopic (exact) mass is 466 g/mol. The van der Waals surface area contributed by atoms with Crippen LogP contribution in [0.25, 0.3) is 11.1 Å². The molecule has 0 spiro atoms. The van der Waals surface area contributed by atoms with Crippen LogP contribution in [0.15, 0.2) is 48.5 Å². The minimum absolute atomic E-state index is 0.0232. The first-order chi connectivity index (χ1) is 16.4. The molecule has 1 saturated heterocycles. The molecule has 0 saturated carbocycles. The SMILES string of the molecule is CC1COCC1N(C)C(=O)C(CCC(=O)O)NC(=O)OCC1c2ccccc2-c2ccccc21. The van der Waals surface area contributed by atoms with Crippen LogP contribution in [0.5, 0.6) is 0 Å². The van der Waals surface area contributed by atoms with E-state index in [0.29, 0.717) is 13.2 Å². The predicted octanol–water partition coefficient (Wildman–Crippen LogP) is 3.25. The molecule has 2 amide bonds. The molecule has 2 aliphatic rings. The first-order valence-corrected chi connectivity index (χ1v) is 11.5. The van der Waals surface area contributed by atoms with Crippen LogP contribution in [0.2, 0.25) is 0 Å². The molecule has 1 heterocycles. The Morgan fingerprint density at radius 2 is 1.71 bits per heavy atom. The van der Waals surface area contributed by atoms with Crippen molar-refractivity contribution in [3.05, 3.63) is 59.7 Å². The fourth-order valence-corrected chi connectivity index (χ4v) is 4.86. The van der Waals surface area contributed by atoms with Gasteiger partial charge in [0.05, 0.1) is 19.3 Å². The summed E-state index contributed by atoms with van der Waals surface area (Å²) < 4.78 is 11.0. The minimum Gasteiger partial charge on any atom is -0.481 e. The molecule has 1 aliphatic carbocycles. The standard InChI is InChI=1S/C26H30N2O6/c1-16-13-33-15-23(16)28(2)25(31)22(11-12-24(29)30)27-26(32)34-14-21-19-9-5-3-7-17(19)18-8-4-6-10-20(18)21/h3-10,16,21-23H,11-15H2,1-2H3,(H,27,32)(H,29,30). The van der Waals surface area contributed by atoms with E-state index >= 15 is 0 Å². The number of fused-ring (bicyclic) bond motifs is 3. The van der Waals surface area contributed by atoms with Crippen molar-refractivity contribution in [1.82, 2.24) is 10.2 Å². The average molecular weight is 467 g/mol. The van der Waals surface area contributed by atoms with Gasteiger partial charge in [-0.05, 0) is 28.7 Å². The number of carboxylic acids is 1. The maximum atomic E-state index is 13.1. The van der Waals surface area contributed by atoms with E-state index in [1.807, 2.05) is 43.3 Å². The molecule has 1 aliphatic heterocycles. The molecule has 180 valence electrons.